The average Bonchev–Trinajstić information content (AvgIpc) is 2.82. The number of ether oxygens (including phenoxy) is 1. The van der Waals surface area contributed by atoms with Crippen LogP contribution in [0.25, 0.3) is 0 Å². The molecule has 0 N–H and O–H groups in total. The standard InChI is InChI=1S/C15H16O3/c1-3-9-17-13-6-4-5-12(10-13)15(16)14-8-7-11(2)18-14/h4-8,10H,3,9H2,1-2H3. The fourth-order valence-electron chi connectivity index (χ4n) is 1.65. The molecular formula is C15H16O3. The lowest BCUT2D eigenvalue weighted by molar-refractivity contribution is 0.101. The second-order valence-electron chi connectivity index (χ2n) is 4.12. The molecule has 0 aliphatic rings. The second kappa shape index (κ2) is 5.54. The Hall–Kier alpha value is -2.03. The molecule has 0 aliphatic carbocycles. The number of rotatable bonds is 5. The Labute approximate surface area is 106 Å². The highest BCUT2D eigenvalue weighted by Gasteiger charge is 2.13. The summed E-state index contributed by atoms with van der Waals surface area (Å²) in [6.07, 6.45) is 0.940. The summed E-state index contributed by atoms with van der Waals surface area (Å²) in [5.74, 6) is 1.69. The van der Waals surface area contributed by atoms with E-state index in [1.807, 2.05) is 26.0 Å². The third-order valence-electron chi connectivity index (χ3n) is 2.53. The van der Waals surface area contributed by atoms with Gasteiger partial charge < -0.3 is 9.15 Å². The van der Waals surface area contributed by atoms with Crippen LogP contribution < -0.4 is 4.74 Å². The predicted octanol–water partition coefficient (Wildman–Crippen LogP) is 3.61. The van der Waals surface area contributed by atoms with Crippen LogP contribution in [0, 0.1) is 6.92 Å². The summed E-state index contributed by atoms with van der Waals surface area (Å²) in [5.41, 5.74) is 0.581. The van der Waals surface area contributed by atoms with Crippen LogP contribution in [0.15, 0.2) is 40.8 Å². The van der Waals surface area contributed by atoms with E-state index >= 15 is 0 Å². The first-order valence-corrected chi connectivity index (χ1v) is 6.04. The Morgan fingerprint density at radius 3 is 2.78 bits per heavy atom. The molecule has 0 unspecified atom stereocenters. The van der Waals surface area contributed by atoms with E-state index in [9.17, 15) is 4.79 Å². The van der Waals surface area contributed by atoms with Gasteiger partial charge >= 0.3 is 0 Å². The summed E-state index contributed by atoms with van der Waals surface area (Å²) >= 11 is 0. The Morgan fingerprint density at radius 2 is 2.11 bits per heavy atom. The lowest BCUT2D eigenvalue weighted by atomic mass is 10.1. The fraction of sp³-hybridized carbons (Fsp3) is 0.267. The third kappa shape index (κ3) is 2.80. The van der Waals surface area contributed by atoms with Crippen molar-refractivity contribution < 1.29 is 13.9 Å². The highest BCUT2D eigenvalue weighted by molar-refractivity contribution is 6.07. The first-order valence-electron chi connectivity index (χ1n) is 6.04. The van der Waals surface area contributed by atoms with E-state index in [1.165, 1.54) is 0 Å². The van der Waals surface area contributed by atoms with Crippen LogP contribution in [0.4, 0.5) is 0 Å². The zero-order valence-corrected chi connectivity index (χ0v) is 10.6. The van der Waals surface area contributed by atoms with Gasteiger partial charge in [-0.15, -0.1) is 0 Å². The molecule has 0 saturated carbocycles. The highest BCUT2D eigenvalue weighted by atomic mass is 16.5. The number of hydrogen-bond acceptors (Lipinski definition) is 3. The van der Waals surface area contributed by atoms with E-state index in [2.05, 4.69) is 0 Å². The van der Waals surface area contributed by atoms with Crippen molar-refractivity contribution in [1.29, 1.82) is 0 Å². The number of ketones is 1. The van der Waals surface area contributed by atoms with Crippen LogP contribution in [0.2, 0.25) is 0 Å². The summed E-state index contributed by atoms with van der Waals surface area (Å²) in [6, 6.07) is 10.6. The minimum Gasteiger partial charge on any atom is -0.494 e. The van der Waals surface area contributed by atoms with Gasteiger partial charge in [0.05, 0.1) is 6.61 Å². The minimum absolute atomic E-state index is 0.120. The molecule has 94 valence electrons. The molecule has 2 rings (SSSR count). The van der Waals surface area contributed by atoms with Crippen LogP contribution in [-0.2, 0) is 0 Å². The summed E-state index contributed by atoms with van der Waals surface area (Å²) in [5, 5.41) is 0. The second-order valence-corrected chi connectivity index (χ2v) is 4.12. The lowest BCUT2D eigenvalue weighted by Crippen LogP contribution is -2.01. The molecule has 0 aliphatic heterocycles. The summed E-state index contributed by atoms with van der Waals surface area (Å²) in [6.45, 7) is 4.51. The van der Waals surface area contributed by atoms with Crippen LogP contribution in [0.1, 0.15) is 35.2 Å². The number of carbonyl (C=O) groups excluding carboxylic acids is 1. The van der Waals surface area contributed by atoms with Gasteiger partial charge in [0.25, 0.3) is 0 Å². The number of carbonyl (C=O) groups is 1. The molecule has 1 aromatic carbocycles. The van der Waals surface area contributed by atoms with Gasteiger partial charge in [-0.2, -0.15) is 0 Å². The molecule has 0 saturated heterocycles. The van der Waals surface area contributed by atoms with Gasteiger partial charge in [-0.1, -0.05) is 19.1 Å². The Balaban J connectivity index is 2.20. The van der Waals surface area contributed by atoms with Gasteiger partial charge in [0.1, 0.15) is 11.5 Å². The van der Waals surface area contributed by atoms with E-state index in [4.69, 9.17) is 9.15 Å². The molecule has 2 aromatic rings. The molecule has 0 spiro atoms. The smallest absolute Gasteiger partial charge is 0.228 e. The molecule has 3 nitrogen and oxygen atoms in total. The molecule has 1 heterocycles. The highest BCUT2D eigenvalue weighted by Crippen LogP contribution is 2.18. The van der Waals surface area contributed by atoms with Crippen LogP contribution in [0.3, 0.4) is 0 Å². The molecule has 1 aromatic heterocycles. The quantitative estimate of drug-likeness (QED) is 0.754. The van der Waals surface area contributed by atoms with Crippen LogP contribution in [-0.4, -0.2) is 12.4 Å². The van der Waals surface area contributed by atoms with Gasteiger partial charge in [-0.05, 0) is 37.6 Å². The molecule has 0 amide bonds. The first kappa shape index (κ1) is 12.4. The summed E-state index contributed by atoms with van der Waals surface area (Å²) in [7, 11) is 0. The Bertz CT molecular complexity index is 540. The van der Waals surface area contributed by atoms with Gasteiger partial charge in [-0.25, -0.2) is 0 Å². The predicted molar refractivity (Wildman–Crippen MR) is 69.1 cm³/mol. The van der Waals surface area contributed by atoms with Crippen molar-refractivity contribution in [3.05, 3.63) is 53.5 Å². The van der Waals surface area contributed by atoms with Crippen molar-refractivity contribution in [1.82, 2.24) is 0 Å². The summed E-state index contributed by atoms with van der Waals surface area (Å²) < 4.78 is 10.8. The largest absolute Gasteiger partial charge is 0.494 e. The molecular weight excluding hydrogens is 228 g/mol. The van der Waals surface area contributed by atoms with Crippen LogP contribution >= 0.6 is 0 Å². The number of furan rings is 1. The maximum atomic E-state index is 12.1. The van der Waals surface area contributed by atoms with Crippen molar-refractivity contribution in [3.8, 4) is 5.75 Å². The molecule has 3 heteroatoms. The van der Waals surface area contributed by atoms with Gasteiger partial charge in [0, 0.05) is 5.56 Å². The van der Waals surface area contributed by atoms with E-state index in [-0.39, 0.29) is 5.78 Å². The molecule has 0 bridgehead atoms. The van der Waals surface area contributed by atoms with Crippen LogP contribution in [0.5, 0.6) is 5.75 Å². The van der Waals surface area contributed by atoms with E-state index in [1.54, 1.807) is 24.3 Å². The summed E-state index contributed by atoms with van der Waals surface area (Å²) in [4.78, 5) is 12.1. The maximum absolute atomic E-state index is 12.1. The number of aryl methyl sites for hydroxylation is 1. The van der Waals surface area contributed by atoms with Crippen molar-refractivity contribution in [2.24, 2.45) is 0 Å². The van der Waals surface area contributed by atoms with Crippen molar-refractivity contribution in [2.75, 3.05) is 6.61 Å². The third-order valence-corrected chi connectivity index (χ3v) is 2.53. The normalized spacial score (nSPS) is 10.3. The zero-order chi connectivity index (χ0) is 13.0. The topological polar surface area (TPSA) is 39.4 Å². The first-order chi connectivity index (χ1) is 8.70. The molecule has 0 atom stereocenters. The Kier molecular flexibility index (Phi) is 3.82. The van der Waals surface area contributed by atoms with E-state index in [0.717, 1.165) is 12.2 Å². The molecule has 18 heavy (non-hydrogen) atoms. The molecule has 0 radical (unpaired) electrons. The number of benzene rings is 1. The van der Waals surface area contributed by atoms with Gasteiger partial charge in [0.2, 0.25) is 5.78 Å². The van der Waals surface area contributed by atoms with Crippen molar-refractivity contribution >= 4 is 5.78 Å². The fourth-order valence-corrected chi connectivity index (χ4v) is 1.65. The van der Waals surface area contributed by atoms with Crippen molar-refractivity contribution in [3.63, 3.8) is 0 Å². The monoisotopic (exact) mass is 244 g/mol. The lowest BCUT2D eigenvalue weighted by Gasteiger charge is -2.05. The minimum atomic E-state index is -0.120. The SMILES string of the molecule is CCCOc1cccc(C(=O)c2ccc(C)o2)c1. The van der Waals surface area contributed by atoms with E-state index in [0.29, 0.717) is 23.7 Å². The van der Waals surface area contributed by atoms with Crippen molar-refractivity contribution in [2.45, 2.75) is 20.3 Å². The van der Waals surface area contributed by atoms with Gasteiger partial charge in [0.15, 0.2) is 5.76 Å². The average molecular weight is 244 g/mol. The number of hydrogen-bond donors (Lipinski definition) is 0. The zero-order valence-electron chi connectivity index (χ0n) is 10.6. The Morgan fingerprint density at radius 1 is 1.28 bits per heavy atom. The maximum Gasteiger partial charge on any atom is 0.228 e. The van der Waals surface area contributed by atoms with E-state index < -0.39 is 0 Å². The molecule has 0 fully saturated rings. The van der Waals surface area contributed by atoms with Gasteiger partial charge in [-0.3, -0.25) is 4.79 Å².